The van der Waals surface area contributed by atoms with Crippen LogP contribution in [0.3, 0.4) is 0 Å². The maximum Gasteiger partial charge on any atom is 0.416 e. The number of alkyl halides is 3. The molecule has 4 atom stereocenters. The van der Waals surface area contributed by atoms with Crippen LogP contribution in [-0.2, 0) is 26.9 Å². The molecule has 0 fully saturated rings. The van der Waals surface area contributed by atoms with Crippen molar-refractivity contribution in [1.82, 2.24) is 10.6 Å². The Morgan fingerprint density at radius 1 is 1.20 bits per heavy atom. The highest BCUT2D eigenvalue weighted by Gasteiger charge is 2.47. The molecule has 2 aliphatic heterocycles. The van der Waals surface area contributed by atoms with E-state index in [4.69, 9.17) is 5.11 Å². The van der Waals surface area contributed by atoms with E-state index >= 15 is 0 Å². The summed E-state index contributed by atoms with van der Waals surface area (Å²) >= 11 is 0. The SMILES string of the molecule is C=COC.CO.Cc1cc(CC(C)NC(=O)C23C=C(C=O)/C(=C/C(c4cccc(C(F)(F)F)c4)=C\C2C)C(C)N3)ccc1O. The van der Waals surface area contributed by atoms with Crippen LogP contribution in [-0.4, -0.2) is 54.2 Å². The Labute approximate surface area is 256 Å². The predicted octanol–water partition coefficient (Wildman–Crippen LogP) is 5.67. The molecule has 0 saturated carbocycles. The Balaban J connectivity index is 0.00000104. The lowest BCUT2D eigenvalue weighted by molar-refractivity contribution is -0.137. The van der Waals surface area contributed by atoms with E-state index in [2.05, 4.69) is 21.9 Å². The molecule has 0 aromatic heterocycles. The second-order valence-corrected chi connectivity index (χ2v) is 10.6. The average Bonchev–Trinajstić information content (AvgIpc) is 2.99. The molecule has 2 aromatic rings. The third-order valence-electron chi connectivity index (χ3n) is 7.47. The molecule has 238 valence electrons. The summed E-state index contributed by atoms with van der Waals surface area (Å²) in [6.07, 6.45) is 3.22. The predicted molar refractivity (Wildman–Crippen MR) is 166 cm³/mol. The second-order valence-electron chi connectivity index (χ2n) is 10.6. The van der Waals surface area contributed by atoms with E-state index in [1.165, 1.54) is 12.3 Å². The molecule has 3 aliphatic rings. The van der Waals surface area contributed by atoms with Crippen LogP contribution in [0.1, 0.15) is 43.0 Å². The maximum atomic E-state index is 13.8. The summed E-state index contributed by atoms with van der Waals surface area (Å²) in [7, 11) is 2.56. The van der Waals surface area contributed by atoms with E-state index in [9.17, 15) is 27.9 Å². The zero-order valence-electron chi connectivity index (χ0n) is 25.8. The monoisotopic (exact) mass is 614 g/mol. The van der Waals surface area contributed by atoms with Gasteiger partial charge < -0.3 is 20.3 Å². The van der Waals surface area contributed by atoms with Crippen molar-refractivity contribution in [3.63, 3.8) is 0 Å². The van der Waals surface area contributed by atoms with Crippen LogP contribution in [0.25, 0.3) is 5.57 Å². The minimum absolute atomic E-state index is 0.201. The van der Waals surface area contributed by atoms with Crippen LogP contribution in [0.15, 0.2) is 84.7 Å². The fourth-order valence-electron chi connectivity index (χ4n) is 5.23. The van der Waals surface area contributed by atoms with Gasteiger partial charge in [0.25, 0.3) is 0 Å². The van der Waals surface area contributed by atoms with Crippen molar-refractivity contribution in [3.8, 4) is 5.75 Å². The van der Waals surface area contributed by atoms with Crippen LogP contribution in [0.2, 0.25) is 0 Å². The fourth-order valence-corrected chi connectivity index (χ4v) is 5.23. The summed E-state index contributed by atoms with van der Waals surface area (Å²) in [5.41, 5.74) is 1.43. The first kappa shape index (κ1) is 36.0. The summed E-state index contributed by atoms with van der Waals surface area (Å²) in [6.45, 7) is 10.6. The number of phenols is 1. The van der Waals surface area contributed by atoms with Gasteiger partial charge in [-0.2, -0.15) is 13.2 Å². The van der Waals surface area contributed by atoms with Crippen LogP contribution in [0, 0.1) is 12.8 Å². The number of aryl methyl sites for hydroxylation is 1. The molecule has 4 unspecified atom stereocenters. The molecule has 7 nitrogen and oxygen atoms in total. The highest BCUT2D eigenvalue weighted by Crippen LogP contribution is 2.39. The van der Waals surface area contributed by atoms with E-state index in [-0.39, 0.29) is 17.7 Å². The van der Waals surface area contributed by atoms with Gasteiger partial charge in [0.15, 0.2) is 0 Å². The Morgan fingerprint density at radius 2 is 1.86 bits per heavy atom. The molecule has 5 rings (SSSR count). The normalized spacial score (nSPS) is 23.6. The van der Waals surface area contributed by atoms with Gasteiger partial charge in [-0.25, -0.2) is 0 Å². The molecule has 0 radical (unpaired) electrons. The minimum atomic E-state index is -4.49. The van der Waals surface area contributed by atoms with E-state index in [1.54, 1.807) is 50.5 Å². The molecular formula is C34H41F3N2O5. The molecule has 4 N–H and O–H groups in total. The number of methoxy groups -OCH3 is 1. The lowest BCUT2D eigenvalue weighted by atomic mass is 9.73. The van der Waals surface area contributed by atoms with Crippen LogP contribution in [0.4, 0.5) is 13.2 Å². The lowest BCUT2D eigenvalue weighted by Gasteiger charge is -2.44. The number of hydrogen-bond acceptors (Lipinski definition) is 6. The van der Waals surface area contributed by atoms with Gasteiger partial charge in [0, 0.05) is 30.7 Å². The number of halogens is 3. The van der Waals surface area contributed by atoms with E-state index in [0.717, 1.165) is 30.4 Å². The number of allylic oxidation sites excluding steroid dienone is 2. The number of aliphatic hydroxyl groups excluding tert-OH is 1. The molecule has 1 aliphatic carbocycles. The fraction of sp³-hybridized carbons (Fsp3) is 0.353. The van der Waals surface area contributed by atoms with Gasteiger partial charge in [0.2, 0.25) is 5.91 Å². The number of phenolic OH excluding ortho intramolecular Hbond substituents is 1. The van der Waals surface area contributed by atoms with Crippen molar-refractivity contribution in [3.05, 3.63) is 107 Å². The molecule has 2 aromatic carbocycles. The topological polar surface area (TPSA) is 108 Å². The number of hydrogen-bond donors (Lipinski definition) is 4. The van der Waals surface area contributed by atoms with E-state index < -0.39 is 29.2 Å². The number of carbonyl (C=O) groups is 2. The molecule has 10 heteroatoms. The van der Waals surface area contributed by atoms with Gasteiger partial charge in [-0.15, -0.1) is 0 Å². The molecular weight excluding hydrogens is 573 g/mol. The zero-order valence-corrected chi connectivity index (χ0v) is 25.8. The highest BCUT2D eigenvalue weighted by atomic mass is 19.4. The smallest absolute Gasteiger partial charge is 0.416 e. The number of aromatic hydroxyl groups is 1. The van der Waals surface area contributed by atoms with Gasteiger partial charge in [0.05, 0.1) is 18.9 Å². The summed E-state index contributed by atoms with van der Waals surface area (Å²) in [5.74, 6) is -0.641. The number of rotatable bonds is 7. The van der Waals surface area contributed by atoms with Gasteiger partial charge in [-0.1, -0.05) is 43.8 Å². The van der Waals surface area contributed by atoms with Crippen molar-refractivity contribution in [1.29, 1.82) is 0 Å². The highest BCUT2D eigenvalue weighted by molar-refractivity contribution is 5.96. The van der Waals surface area contributed by atoms with Crippen molar-refractivity contribution < 1.29 is 37.7 Å². The summed E-state index contributed by atoms with van der Waals surface area (Å²) < 4.78 is 44.5. The zero-order chi connectivity index (χ0) is 33.2. The lowest BCUT2D eigenvalue weighted by Crippen LogP contribution is -2.65. The number of aliphatic hydroxyl groups is 1. The summed E-state index contributed by atoms with van der Waals surface area (Å²) in [4.78, 5) is 26.0. The van der Waals surface area contributed by atoms with Gasteiger partial charge >= 0.3 is 6.18 Å². The molecule has 0 saturated heterocycles. The standard InChI is InChI=1S/C30H31F3N2O3.C3H6O.CH4O/c1-17-10-21(8-9-27(17)37)12-19(3)34-28(38)29-15-24(16-36)26(20(4)35-29)14-23(11-18(29)2)22-6-5-7-25(13-22)30(31,32)33;1-3-4-2;1-2/h5-11,13-16,18-20,35,37H,12H2,1-4H3,(H,34,38);3H,1H2,2H3;2H,1H3/b23-11+,26-14+;;. The van der Waals surface area contributed by atoms with Crippen molar-refractivity contribution in [2.24, 2.45) is 5.92 Å². The van der Waals surface area contributed by atoms with E-state index in [1.807, 2.05) is 26.8 Å². The number of ether oxygens (including phenoxy) is 1. The molecule has 0 spiro atoms. The van der Waals surface area contributed by atoms with Crippen LogP contribution in [0.5, 0.6) is 5.75 Å². The third kappa shape index (κ3) is 8.48. The Bertz CT molecular complexity index is 1430. The van der Waals surface area contributed by atoms with Crippen molar-refractivity contribution >= 4 is 17.8 Å². The molecule has 2 bridgehead atoms. The van der Waals surface area contributed by atoms with Gasteiger partial charge in [-0.3, -0.25) is 14.9 Å². The minimum Gasteiger partial charge on any atom is -0.508 e. The molecule has 1 amide bonds. The first-order chi connectivity index (χ1) is 20.7. The maximum absolute atomic E-state index is 13.8. The number of nitrogens with one attached hydrogen (secondary N) is 2. The van der Waals surface area contributed by atoms with Crippen molar-refractivity contribution in [2.45, 2.75) is 57.9 Å². The number of carbonyl (C=O) groups excluding carboxylic acids is 2. The number of benzene rings is 2. The summed E-state index contributed by atoms with van der Waals surface area (Å²) in [6, 6.07) is 9.65. The van der Waals surface area contributed by atoms with Crippen LogP contribution >= 0.6 is 0 Å². The van der Waals surface area contributed by atoms with E-state index in [0.29, 0.717) is 35.0 Å². The Kier molecular flexibility index (Phi) is 12.7. The quantitative estimate of drug-likeness (QED) is 0.237. The average molecular weight is 615 g/mol. The number of aldehydes is 1. The third-order valence-corrected chi connectivity index (χ3v) is 7.47. The first-order valence-corrected chi connectivity index (χ1v) is 14.0. The van der Waals surface area contributed by atoms with Gasteiger partial charge in [0.1, 0.15) is 17.6 Å². The largest absolute Gasteiger partial charge is 0.508 e. The molecule has 44 heavy (non-hydrogen) atoms. The van der Waals surface area contributed by atoms with Crippen molar-refractivity contribution in [2.75, 3.05) is 14.2 Å². The Morgan fingerprint density at radius 3 is 2.43 bits per heavy atom. The summed E-state index contributed by atoms with van der Waals surface area (Å²) in [5, 5.41) is 23.2. The second kappa shape index (κ2) is 15.5. The number of fused-ring (bicyclic) bond motifs is 3. The van der Waals surface area contributed by atoms with Crippen LogP contribution < -0.4 is 10.6 Å². The van der Waals surface area contributed by atoms with Gasteiger partial charge in [-0.05, 0) is 85.4 Å². The molecule has 2 heterocycles. The number of amides is 1. The first-order valence-electron chi connectivity index (χ1n) is 14.0. The Hall–Kier alpha value is -4.15.